The van der Waals surface area contributed by atoms with E-state index in [1.807, 2.05) is 32.9 Å². The molecule has 1 heterocycles. The standard InChI is InChI=1S/C15H17ClN2O3/c1-15(2,3)12-11(14(19)20)13(16)18(17-12)9-7-5-6-8-10(9)21-4/h5-8H,1-4H3,(H,19,20). The highest BCUT2D eigenvalue weighted by Crippen LogP contribution is 2.33. The highest BCUT2D eigenvalue weighted by atomic mass is 35.5. The molecule has 0 unspecified atom stereocenters. The van der Waals surface area contributed by atoms with Gasteiger partial charge in [-0.25, -0.2) is 9.48 Å². The second kappa shape index (κ2) is 5.41. The molecule has 0 spiro atoms. The Bertz CT molecular complexity index is 687. The average Bonchev–Trinajstić information content (AvgIpc) is 2.76. The van der Waals surface area contributed by atoms with Crippen molar-refractivity contribution >= 4 is 17.6 Å². The van der Waals surface area contributed by atoms with Crippen molar-refractivity contribution in [1.82, 2.24) is 9.78 Å². The van der Waals surface area contributed by atoms with Crippen LogP contribution in [0.4, 0.5) is 0 Å². The highest BCUT2D eigenvalue weighted by Gasteiger charge is 2.31. The van der Waals surface area contributed by atoms with Gasteiger partial charge in [0.15, 0.2) is 0 Å². The molecular formula is C15H17ClN2O3. The molecule has 0 aliphatic heterocycles. The highest BCUT2D eigenvalue weighted by molar-refractivity contribution is 6.33. The lowest BCUT2D eigenvalue weighted by Gasteiger charge is -2.16. The van der Waals surface area contributed by atoms with Gasteiger partial charge in [0.2, 0.25) is 0 Å². The van der Waals surface area contributed by atoms with Crippen molar-refractivity contribution in [3.05, 3.63) is 40.7 Å². The predicted octanol–water partition coefficient (Wildman–Crippen LogP) is 3.53. The maximum absolute atomic E-state index is 11.5. The maximum Gasteiger partial charge on any atom is 0.340 e. The van der Waals surface area contributed by atoms with Crippen molar-refractivity contribution in [2.75, 3.05) is 7.11 Å². The lowest BCUT2D eigenvalue weighted by Crippen LogP contribution is -2.16. The Morgan fingerprint density at radius 1 is 1.33 bits per heavy atom. The summed E-state index contributed by atoms with van der Waals surface area (Å²) in [6, 6.07) is 7.18. The molecule has 2 rings (SSSR count). The number of nitrogens with zero attached hydrogens (tertiary/aromatic N) is 2. The molecule has 21 heavy (non-hydrogen) atoms. The van der Waals surface area contributed by atoms with Gasteiger partial charge in [-0.1, -0.05) is 44.5 Å². The first-order valence-electron chi connectivity index (χ1n) is 6.43. The third-order valence-corrected chi connectivity index (χ3v) is 3.42. The Kier molecular flexibility index (Phi) is 3.96. The first kappa shape index (κ1) is 15.4. The lowest BCUT2D eigenvalue weighted by molar-refractivity contribution is 0.0694. The van der Waals surface area contributed by atoms with Crippen LogP contribution in [0, 0.1) is 0 Å². The summed E-state index contributed by atoms with van der Waals surface area (Å²) < 4.78 is 6.69. The molecule has 2 aromatic rings. The smallest absolute Gasteiger partial charge is 0.340 e. The number of ether oxygens (including phenoxy) is 1. The van der Waals surface area contributed by atoms with E-state index in [9.17, 15) is 9.90 Å². The number of carboxylic acid groups (broad SMARTS) is 1. The number of carbonyl (C=O) groups is 1. The summed E-state index contributed by atoms with van der Waals surface area (Å²) in [6.07, 6.45) is 0. The molecule has 0 amide bonds. The molecule has 5 nitrogen and oxygen atoms in total. The van der Waals surface area contributed by atoms with Gasteiger partial charge in [-0.15, -0.1) is 0 Å². The van der Waals surface area contributed by atoms with Gasteiger partial charge in [0.25, 0.3) is 0 Å². The second-order valence-corrected chi connectivity index (χ2v) is 6.01. The van der Waals surface area contributed by atoms with E-state index in [1.54, 1.807) is 19.2 Å². The number of carboxylic acids is 1. The van der Waals surface area contributed by atoms with Gasteiger partial charge in [0, 0.05) is 5.41 Å². The molecule has 6 heteroatoms. The Morgan fingerprint density at radius 3 is 2.43 bits per heavy atom. The molecule has 0 radical (unpaired) electrons. The molecule has 0 atom stereocenters. The van der Waals surface area contributed by atoms with Gasteiger partial charge in [-0.2, -0.15) is 5.10 Å². The molecule has 1 aromatic carbocycles. The van der Waals surface area contributed by atoms with Crippen LogP contribution in [0.2, 0.25) is 5.15 Å². The van der Waals surface area contributed by atoms with E-state index >= 15 is 0 Å². The van der Waals surface area contributed by atoms with Crippen LogP contribution in [0.25, 0.3) is 5.69 Å². The number of hydrogen-bond acceptors (Lipinski definition) is 3. The van der Waals surface area contributed by atoms with Gasteiger partial charge in [0.1, 0.15) is 22.2 Å². The summed E-state index contributed by atoms with van der Waals surface area (Å²) in [7, 11) is 1.54. The van der Waals surface area contributed by atoms with Crippen LogP contribution in [-0.2, 0) is 5.41 Å². The quantitative estimate of drug-likeness (QED) is 0.942. The number of halogens is 1. The van der Waals surface area contributed by atoms with Crippen LogP contribution in [0.5, 0.6) is 5.75 Å². The molecule has 0 fully saturated rings. The molecule has 0 aliphatic carbocycles. The van der Waals surface area contributed by atoms with E-state index in [4.69, 9.17) is 16.3 Å². The fraction of sp³-hybridized carbons (Fsp3) is 0.333. The van der Waals surface area contributed by atoms with E-state index in [2.05, 4.69) is 5.10 Å². The topological polar surface area (TPSA) is 64.4 Å². The SMILES string of the molecule is COc1ccccc1-n1nc(C(C)(C)C)c(C(=O)O)c1Cl. The number of rotatable bonds is 3. The predicted molar refractivity (Wildman–Crippen MR) is 80.8 cm³/mol. The average molecular weight is 309 g/mol. The van der Waals surface area contributed by atoms with Crippen molar-refractivity contribution in [1.29, 1.82) is 0 Å². The summed E-state index contributed by atoms with van der Waals surface area (Å²) in [5, 5.41) is 13.9. The van der Waals surface area contributed by atoms with E-state index in [0.29, 0.717) is 17.1 Å². The van der Waals surface area contributed by atoms with Crippen LogP contribution in [0.3, 0.4) is 0 Å². The van der Waals surface area contributed by atoms with E-state index in [-0.39, 0.29) is 10.7 Å². The molecule has 0 saturated carbocycles. The van der Waals surface area contributed by atoms with Gasteiger partial charge in [-0.3, -0.25) is 0 Å². The van der Waals surface area contributed by atoms with Crippen LogP contribution in [0.1, 0.15) is 36.8 Å². The summed E-state index contributed by atoms with van der Waals surface area (Å²) in [5.41, 5.74) is 0.619. The summed E-state index contributed by atoms with van der Waals surface area (Å²) >= 11 is 6.26. The van der Waals surface area contributed by atoms with Crippen molar-refractivity contribution < 1.29 is 14.6 Å². The molecule has 0 bridgehead atoms. The van der Waals surface area contributed by atoms with Crippen LogP contribution in [0.15, 0.2) is 24.3 Å². The van der Waals surface area contributed by atoms with E-state index in [1.165, 1.54) is 4.68 Å². The van der Waals surface area contributed by atoms with Crippen LogP contribution >= 0.6 is 11.6 Å². The molecular weight excluding hydrogens is 292 g/mol. The number of benzene rings is 1. The first-order chi connectivity index (χ1) is 9.77. The minimum atomic E-state index is -1.09. The fourth-order valence-corrected chi connectivity index (χ4v) is 2.38. The summed E-state index contributed by atoms with van der Waals surface area (Å²) in [4.78, 5) is 11.5. The monoisotopic (exact) mass is 308 g/mol. The van der Waals surface area contributed by atoms with Crippen LogP contribution in [-0.4, -0.2) is 28.0 Å². The number of para-hydroxylation sites is 2. The Morgan fingerprint density at radius 2 is 1.95 bits per heavy atom. The Labute approximate surface area is 128 Å². The van der Waals surface area contributed by atoms with Crippen molar-refractivity contribution in [3.8, 4) is 11.4 Å². The van der Waals surface area contributed by atoms with Crippen molar-refractivity contribution in [2.45, 2.75) is 26.2 Å². The molecule has 0 aliphatic rings. The molecule has 112 valence electrons. The minimum absolute atomic E-state index is 0.0232. The molecule has 1 N–H and O–H groups in total. The van der Waals surface area contributed by atoms with Crippen molar-refractivity contribution in [2.24, 2.45) is 0 Å². The third kappa shape index (κ3) is 2.74. The van der Waals surface area contributed by atoms with Gasteiger partial charge in [-0.05, 0) is 12.1 Å². The number of aromatic carboxylic acids is 1. The van der Waals surface area contributed by atoms with Gasteiger partial charge >= 0.3 is 5.97 Å². The molecule has 1 aromatic heterocycles. The summed E-state index contributed by atoms with van der Waals surface area (Å²) in [6.45, 7) is 5.68. The zero-order valence-corrected chi connectivity index (χ0v) is 13.1. The zero-order chi connectivity index (χ0) is 15.8. The van der Waals surface area contributed by atoms with Gasteiger partial charge in [0.05, 0.1) is 12.8 Å². The Hall–Kier alpha value is -2.01. The second-order valence-electron chi connectivity index (χ2n) is 5.65. The first-order valence-corrected chi connectivity index (χ1v) is 6.81. The zero-order valence-electron chi connectivity index (χ0n) is 12.3. The largest absolute Gasteiger partial charge is 0.494 e. The number of aromatic nitrogens is 2. The third-order valence-electron chi connectivity index (χ3n) is 3.07. The molecule has 0 saturated heterocycles. The normalized spacial score (nSPS) is 11.5. The van der Waals surface area contributed by atoms with Crippen molar-refractivity contribution in [3.63, 3.8) is 0 Å². The Balaban J connectivity index is 2.75. The van der Waals surface area contributed by atoms with E-state index in [0.717, 1.165) is 0 Å². The van der Waals surface area contributed by atoms with E-state index < -0.39 is 11.4 Å². The minimum Gasteiger partial charge on any atom is -0.494 e. The number of methoxy groups -OCH3 is 1. The van der Waals surface area contributed by atoms with Crippen LogP contribution < -0.4 is 4.74 Å². The lowest BCUT2D eigenvalue weighted by atomic mass is 9.89. The maximum atomic E-state index is 11.5. The number of hydrogen-bond donors (Lipinski definition) is 1. The van der Waals surface area contributed by atoms with Gasteiger partial charge < -0.3 is 9.84 Å². The summed E-state index contributed by atoms with van der Waals surface area (Å²) in [5.74, 6) is -0.523. The fourth-order valence-electron chi connectivity index (χ4n) is 2.08.